The number of likely N-dealkylation sites (tertiary alicyclic amines) is 1. The number of urea groups is 1. The van der Waals surface area contributed by atoms with E-state index in [-0.39, 0.29) is 12.1 Å². The van der Waals surface area contributed by atoms with Crippen molar-refractivity contribution in [1.29, 1.82) is 0 Å². The Morgan fingerprint density at radius 2 is 1.66 bits per heavy atom. The van der Waals surface area contributed by atoms with Crippen LogP contribution in [-0.2, 0) is 0 Å². The average Bonchev–Trinajstić information content (AvgIpc) is 2.99. The zero-order chi connectivity index (χ0) is 20.8. The second-order valence-corrected chi connectivity index (χ2v) is 7.39. The first kappa shape index (κ1) is 21.1. The minimum absolute atomic E-state index is 0.0109. The fourth-order valence-electron chi connectivity index (χ4n) is 3.73. The van der Waals surface area contributed by atoms with Crippen LogP contribution in [0.25, 0.3) is 0 Å². The fraction of sp³-hybridized carbons (Fsp3) is 0.409. The van der Waals surface area contributed by atoms with Gasteiger partial charge in [0.05, 0.1) is 33.1 Å². The van der Waals surface area contributed by atoms with E-state index in [1.807, 2.05) is 29.2 Å². The van der Waals surface area contributed by atoms with Crippen LogP contribution in [-0.4, -0.2) is 38.8 Å². The van der Waals surface area contributed by atoms with Gasteiger partial charge in [-0.05, 0) is 30.5 Å². The highest BCUT2D eigenvalue weighted by molar-refractivity contribution is 6.30. The van der Waals surface area contributed by atoms with Gasteiger partial charge in [0.1, 0.15) is 0 Å². The molecule has 29 heavy (non-hydrogen) atoms. The van der Waals surface area contributed by atoms with E-state index in [1.165, 1.54) is 0 Å². The maximum absolute atomic E-state index is 13.2. The number of ether oxygens (including phenoxy) is 3. The summed E-state index contributed by atoms with van der Waals surface area (Å²) in [5, 5.41) is 3.69. The van der Waals surface area contributed by atoms with Gasteiger partial charge in [0, 0.05) is 23.7 Å². The minimum atomic E-state index is -0.152. The standard InChI is InChI=1S/C22H27ClN2O4/c1-27-19-13-17(14-20(28-2)21(19)29-3)24-22(26)25-12-6-4-5-7-18(25)15-8-10-16(23)11-9-15/h8-11,13-14,18H,4-7,12H2,1-3H3,(H,24,26)/t18-/m1/s1. The lowest BCUT2D eigenvalue weighted by molar-refractivity contribution is 0.189. The molecular weight excluding hydrogens is 392 g/mol. The molecule has 1 fully saturated rings. The molecule has 1 saturated heterocycles. The van der Waals surface area contributed by atoms with E-state index in [1.54, 1.807) is 33.5 Å². The van der Waals surface area contributed by atoms with Gasteiger partial charge in [-0.25, -0.2) is 4.79 Å². The number of anilines is 1. The summed E-state index contributed by atoms with van der Waals surface area (Å²) in [4.78, 5) is 15.1. The van der Waals surface area contributed by atoms with Crippen LogP contribution >= 0.6 is 11.6 Å². The van der Waals surface area contributed by atoms with Gasteiger partial charge < -0.3 is 24.4 Å². The van der Waals surface area contributed by atoms with Crippen molar-refractivity contribution < 1.29 is 19.0 Å². The van der Waals surface area contributed by atoms with Crippen LogP contribution in [0.2, 0.25) is 5.02 Å². The lowest BCUT2D eigenvalue weighted by atomic mass is 10.0. The molecule has 6 nitrogen and oxygen atoms in total. The first-order chi connectivity index (χ1) is 14.1. The summed E-state index contributed by atoms with van der Waals surface area (Å²) in [5.41, 5.74) is 1.68. The number of hydrogen-bond donors (Lipinski definition) is 1. The Kier molecular flexibility index (Phi) is 7.09. The molecule has 2 aromatic carbocycles. The number of methoxy groups -OCH3 is 3. The molecular formula is C22H27ClN2O4. The molecule has 0 bridgehead atoms. The van der Waals surface area contributed by atoms with Crippen molar-refractivity contribution in [3.05, 3.63) is 47.0 Å². The molecule has 0 radical (unpaired) electrons. The molecule has 7 heteroatoms. The highest BCUT2D eigenvalue weighted by Gasteiger charge is 2.27. The quantitative estimate of drug-likeness (QED) is 0.694. The van der Waals surface area contributed by atoms with Crippen LogP contribution in [0.4, 0.5) is 10.5 Å². The summed E-state index contributed by atoms with van der Waals surface area (Å²) in [7, 11) is 4.65. The highest BCUT2D eigenvalue weighted by Crippen LogP contribution is 2.40. The lowest BCUT2D eigenvalue weighted by Crippen LogP contribution is -2.38. The zero-order valence-electron chi connectivity index (χ0n) is 17.0. The molecule has 0 saturated carbocycles. The van der Waals surface area contributed by atoms with E-state index in [0.717, 1.165) is 31.2 Å². The SMILES string of the molecule is COc1cc(NC(=O)N2CCCCC[C@@H]2c2ccc(Cl)cc2)cc(OC)c1OC. The van der Waals surface area contributed by atoms with Crippen molar-refractivity contribution in [3.8, 4) is 17.2 Å². The molecule has 0 unspecified atom stereocenters. The van der Waals surface area contributed by atoms with Crippen molar-refractivity contribution in [2.45, 2.75) is 31.7 Å². The van der Waals surface area contributed by atoms with Gasteiger partial charge in [0.15, 0.2) is 11.5 Å². The summed E-state index contributed by atoms with van der Waals surface area (Å²) < 4.78 is 16.1. The molecule has 0 aliphatic carbocycles. The van der Waals surface area contributed by atoms with Gasteiger partial charge in [-0.2, -0.15) is 0 Å². The number of benzene rings is 2. The maximum Gasteiger partial charge on any atom is 0.322 e. The maximum atomic E-state index is 13.2. The molecule has 1 heterocycles. The Hall–Kier alpha value is -2.60. The number of rotatable bonds is 5. The predicted octanol–water partition coefficient (Wildman–Crippen LogP) is 5.52. The smallest absolute Gasteiger partial charge is 0.322 e. The van der Waals surface area contributed by atoms with Crippen molar-refractivity contribution in [1.82, 2.24) is 4.90 Å². The molecule has 1 N–H and O–H groups in total. The number of halogens is 1. The Morgan fingerprint density at radius 1 is 1.00 bits per heavy atom. The van der Waals surface area contributed by atoms with Gasteiger partial charge in [0.25, 0.3) is 0 Å². The fourth-order valence-corrected chi connectivity index (χ4v) is 3.86. The van der Waals surface area contributed by atoms with Crippen LogP contribution in [0.1, 0.15) is 37.3 Å². The third-order valence-corrected chi connectivity index (χ3v) is 5.44. The van der Waals surface area contributed by atoms with Gasteiger partial charge in [-0.3, -0.25) is 0 Å². The van der Waals surface area contributed by atoms with Crippen LogP contribution in [0, 0.1) is 0 Å². The van der Waals surface area contributed by atoms with E-state index in [9.17, 15) is 4.79 Å². The number of carbonyl (C=O) groups excluding carboxylic acids is 1. The Morgan fingerprint density at radius 3 is 2.24 bits per heavy atom. The third kappa shape index (κ3) is 4.88. The molecule has 0 spiro atoms. The summed E-state index contributed by atoms with van der Waals surface area (Å²) in [5.74, 6) is 1.47. The molecule has 156 valence electrons. The average molecular weight is 419 g/mol. The number of nitrogens with zero attached hydrogens (tertiary/aromatic N) is 1. The summed E-state index contributed by atoms with van der Waals surface area (Å²) >= 11 is 6.04. The van der Waals surface area contributed by atoms with E-state index < -0.39 is 0 Å². The molecule has 1 aliphatic heterocycles. The second-order valence-electron chi connectivity index (χ2n) is 6.95. The van der Waals surface area contributed by atoms with E-state index >= 15 is 0 Å². The summed E-state index contributed by atoms with van der Waals surface area (Å²) in [6, 6.07) is 11.1. The lowest BCUT2D eigenvalue weighted by Gasteiger charge is -2.30. The number of hydrogen-bond acceptors (Lipinski definition) is 4. The third-order valence-electron chi connectivity index (χ3n) is 5.18. The van der Waals surface area contributed by atoms with E-state index in [0.29, 0.717) is 34.5 Å². The van der Waals surface area contributed by atoms with Crippen LogP contribution in [0.3, 0.4) is 0 Å². The predicted molar refractivity (Wildman–Crippen MR) is 114 cm³/mol. The van der Waals surface area contributed by atoms with Crippen LogP contribution in [0.15, 0.2) is 36.4 Å². The second kappa shape index (κ2) is 9.74. The van der Waals surface area contributed by atoms with Gasteiger partial charge in [0.2, 0.25) is 5.75 Å². The molecule has 0 aromatic heterocycles. The molecule has 1 atom stereocenters. The van der Waals surface area contributed by atoms with Crippen molar-refractivity contribution in [2.75, 3.05) is 33.2 Å². The monoisotopic (exact) mass is 418 g/mol. The first-order valence-corrected chi connectivity index (χ1v) is 10.1. The normalized spacial score (nSPS) is 16.7. The number of carbonyl (C=O) groups is 1. The van der Waals surface area contributed by atoms with E-state index in [2.05, 4.69) is 5.32 Å². The summed E-state index contributed by atoms with van der Waals surface area (Å²) in [6.07, 6.45) is 4.09. The Balaban J connectivity index is 1.86. The number of nitrogens with one attached hydrogen (secondary N) is 1. The van der Waals surface area contributed by atoms with Crippen molar-refractivity contribution in [3.63, 3.8) is 0 Å². The van der Waals surface area contributed by atoms with E-state index in [4.69, 9.17) is 25.8 Å². The minimum Gasteiger partial charge on any atom is -0.493 e. The van der Waals surface area contributed by atoms with Crippen LogP contribution in [0.5, 0.6) is 17.2 Å². The topological polar surface area (TPSA) is 60.0 Å². The largest absolute Gasteiger partial charge is 0.493 e. The Bertz CT molecular complexity index is 816. The van der Waals surface area contributed by atoms with Crippen molar-refractivity contribution >= 4 is 23.3 Å². The van der Waals surface area contributed by atoms with Crippen LogP contribution < -0.4 is 19.5 Å². The molecule has 2 aromatic rings. The Labute approximate surface area is 176 Å². The van der Waals surface area contributed by atoms with Gasteiger partial charge in [-0.1, -0.05) is 36.6 Å². The summed E-state index contributed by atoms with van der Waals surface area (Å²) in [6.45, 7) is 0.698. The van der Waals surface area contributed by atoms with Gasteiger partial charge >= 0.3 is 6.03 Å². The zero-order valence-corrected chi connectivity index (χ0v) is 17.8. The molecule has 2 amide bonds. The first-order valence-electron chi connectivity index (χ1n) is 9.70. The van der Waals surface area contributed by atoms with Gasteiger partial charge in [-0.15, -0.1) is 0 Å². The number of amides is 2. The molecule has 1 aliphatic rings. The molecule has 3 rings (SSSR count). The highest BCUT2D eigenvalue weighted by atomic mass is 35.5. The van der Waals surface area contributed by atoms with Crippen molar-refractivity contribution in [2.24, 2.45) is 0 Å².